The summed E-state index contributed by atoms with van der Waals surface area (Å²) in [6, 6.07) is 3.57. The minimum Gasteiger partial charge on any atom is -0.487 e. The van der Waals surface area contributed by atoms with E-state index in [4.69, 9.17) is 4.74 Å². The molecule has 2 aromatic heterocycles. The van der Waals surface area contributed by atoms with Crippen LogP contribution in [0.3, 0.4) is 0 Å². The first-order valence-electron chi connectivity index (χ1n) is 4.88. The van der Waals surface area contributed by atoms with Crippen LogP contribution in [0.25, 0.3) is 17.6 Å². The van der Waals surface area contributed by atoms with E-state index >= 15 is 0 Å². The molecule has 0 saturated heterocycles. The normalized spacial score (nSPS) is 13.0. The molecule has 0 atom stereocenters. The molecule has 0 amide bonds. The molecule has 0 unspecified atom stereocenters. The molecule has 78 valence electrons. The van der Waals surface area contributed by atoms with Gasteiger partial charge in [0.25, 0.3) is 0 Å². The molecule has 5 nitrogen and oxygen atoms in total. The van der Waals surface area contributed by atoms with Gasteiger partial charge in [-0.05, 0) is 18.2 Å². The molecule has 1 aliphatic heterocycles. The van der Waals surface area contributed by atoms with Crippen molar-refractivity contribution in [3.05, 3.63) is 36.3 Å². The predicted molar refractivity (Wildman–Crippen MR) is 57.6 cm³/mol. The first-order chi connectivity index (χ1) is 7.93. The molecule has 16 heavy (non-hydrogen) atoms. The van der Waals surface area contributed by atoms with E-state index in [1.165, 1.54) is 0 Å². The third-order valence-electron chi connectivity index (χ3n) is 2.19. The van der Waals surface area contributed by atoms with Crippen molar-refractivity contribution < 1.29 is 4.74 Å². The molecule has 0 aliphatic carbocycles. The lowest BCUT2D eigenvalue weighted by Crippen LogP contribution is -2.04. The molecule has 2 aromatic rings. The fourth-order valence-electron chi connectivity index (χ4n) is 1.45. The summed E-state index contributed by atoms with van der Waals surface area (Å²) in [5.41, 5.74) is 1.36. The monoisotopic (exact) mass is 212 g/mol. The average molecular weight is 212 g/mol. The molecule has 5 heteroatoms. The predicted octanol–water partition coefficient (Wildman–Crippen LogP) is 1.34. The third-order valence-corrected chi connectivity index (χ3v) is 2.19. The van der Waals surface area contributed by atoms with Crippen LogP contribution in [0.15, 0.2) is 30.6 Å². The number of nitrogens with zero attached hydrogens (tertiary/aromatic N) is 4. The molecule has 0 radical (unpaired) electrons. The molecule has 0 bridgehead atoms. The van der Waals surface area contributed by atoms with Crippen molar-refractivity contribution in [3.63, 3.8) is 0 Å². The van der Waals surface area contributed by atoms with E-state index in [-0.39, 0.29) is 0 Å². The maximum atomic E-state index is 5.44. The van der Waals surface area contributed by atoms with Gasteiger partial charge >= 0.3 is 0 Å². The Bertz CT molecular complexity index is 539. The Morgan fingerprint density at radius 1 is 1.12 bits per heavy atom. The van der Waals surface area contributed by atoms with Crippen LogP contribution < -0.4 is 4.74 Å². The van der Waals surface area contributed by atoms with Crippen molar-refractivity contribution in [2.45, 2.75) is 0 Å². The summed E-state index contributed by atoms with van der Waals surface area (Å²) in [7, 11) is 0. The van der Waals surface area contributed by atoms with Crippen LogP contribution >= 0.6 is 0 Å². The van der Waals surface area contributed by atoms with Gasteiger partial charge in [-0.25, -0.2) is 9.97 Å². The van der Waals surface area contributed by atoms with E-state index < -0.39 is 0 Å². The van der Waals surface area contributed by atoms with E-state index in [0.717, 1.165) is 11.4 Å². The zero-order valence-electron chi connectivity index (χ0n) is 8.37. The van der Waals surface area contributed by atoms with Crippen LogP contribution in [-0.2, 0) is 0 Å². The largest absolute Gasteiger partial charge is 0.487 e. The Morgan fingerprint density at radius 2 is 2.00 bits per heavy atom. The molecule has 0 N–H and O–H groups in total. The van der Waals surface area contributed by atoms with Gasteiger partial charge in [0.2, 0.25) is 0 Å². The zero-order chi connectivity index (χ0) is 10.8. The van der Waals surface area contributed by atoms with Crippen LogP contribution in [0.2, 0.25) is 0 Å². The van der Waals surface area contributed by atoms with Gasteiger partial charge in [-0.1, -0.05) is 0 Å². The van der Waals surface area contributed by atoms with E-state index in [1.54, 1.807) is 24.5 Å². The highest BCUT2D eigenvalue weighted by molar-refractivity contribution is 5.59. The highest BCUT2D eigenvalue weighted by atomic mass is 16.5. The second kappa shape index (κ2) is 3.69. The van der Waals surface area contributed by atoms with Crippen molar-refractivity contribution in [2.24, 2.45) is 0 Å². The lowest BCUT2D eigenvalue weighted by atomic mass is 10.2. The Kier molecular flexibility index (Phi) is 2.07. The molecule has 3 heterocycles. The van der Waals surface area contributed by atoms with Crippen LogP contribution in [-0.4, -0.2) is 26.8 Å². The summed E-state index contributed by atoms with van der Waals surface area (Å²) in [6.07, 6.45) is 7.13. The van der Waals surface area contributed by atoms with Gasteiger partial charge in [0.05, 0.1) is 0 Å². The second-order valence-electron chi connectivity index (χ2n) is 3.26. The van der Waals surface area contributed by atoms with Gasteiger partial charge in [0.15, 0.2) is 5.82 Å². The minimum atomic E-state index is 0.552. The summed E-state index contributed by atoms with van der Waals surface area (Å²) >= 11 is 0. The van der Waals surface area contributed by atoms with E-state index in [1.807, 2.05) is 12.2 Å². The smallest absolute Gasteiger partial charge is 0.180 e. The van der Waals surface area contributed by atoms with Crippen LogP contribution in [0.1, 0.15) is 5.69 Å². The summed E-state index contributed by atoms with van der Waals surface area (Å²) < 4.78 is 5.44. The number of hydrogen-bond acceptors (Lipinski definition) is 5. The summed E-state index contributed by atoms with van der Waals surface area (Å²) in [5.74, 6) is 1.27. The van der Waals surface area contributed by atoms with Gasteiger partial charge in [-0.2, -0.15) is 0 Å². The lowest BCUT2D eigenvalue weighted by molar-refractivity contribution is 0.355. The highest BCUT2D eigenvalue weighted by Gasteiger charge is 2.11. The fourth-order valence-corrected chi connectivity index (χ4v) is 1.45. The zero-order valence-corrected chi connectivity index (χ0v) is 8.37. The summed E-state index contributed by atoms with van der Waals surface area (Å²) in [4.78, 5) is 8.22. The Balaban J connectivity index is 2.07. The Morgan fingerprint density at radius 3 is 2.88 bits per heavy atom. The van der Waals surface area contributed by atoms with Crippen molar-refractivity contribution in [1.82, 2.24) is 20.2 Å². The highest BCUT2D eigenvalue weighted by Crippen LogP contribution is 2.24. The molecule has 0 fully saturated rings. The minimum absolute atomic E-state index is 0.552. The van der Waals surface area contributed by atoms with Crippen molar-refractivity contribution >= 4 is 6.08 Å². The molecule has 0 saturated carbocycles. The van der Waals surface area contributed by atoms with Crippen molar-refractivity contribution in [3.8, 4) is 17.3 Å². The molecular formula is C11H8N4O. The maximum absolute atomic E-state index is 5.44. The van der Waals surface area contributed by atoms with E-state index in [0.29, 0.717) is 18.1 Å². The first-order valence-corrected chi connectivity index (χ1v) is 4.88. The SMILES string of the molecule is C1=Cc2nnc(-c3ncccn3)cc2OC1. The molecule has 0 aromatic carbocycles. The van der Waals surface area contributed by atoms with E-state index in [2.05, 4.69) is 20.2 Å². The fraction of sp³-hybridized carbons (Fsp3) is 0.0909. The standard InChI is InChI=1S/C11H8N4O/c1-3-8-10(16-6-1)7-9(15-14-8)11-12-4-2-5-13-11/h1-5,7H,6H2. The van der Waals surface area contributed by atoms with Crippen LogP contribution in [0.4, 0.5) is 0 Å². The lowest BCUT2D eigenvalue weighted by Gasteiger charge is -2.10. The number of rotatable bonds is 1. The summed E-state index contributed by atoms with van der Waals surface area (Å²) in [6.45, 7) is 0.563. The Hall–Kier alpha value is -2.30. The Labute approximate surface area is 91.8 Å². The number of ether oxygens (including phenoxy) is 1. The number of hydrogen-bond donors (Lipinski definition) is 0. The van der Waals surface area contributed by atoms with Gasteiger partial charge in [0.1, 0.15) is 23.7 Å². The quantitative estimate of drug-likeness (QED) is 0.713. The molecule has 1 aliphatic rings. The van der Waals surface area contributed by atoms with Crippen LogP contribution in [0, 0.1) is 0 Å². The molecular weight excluding hydrogens is 204 g/mol. The average Bonchev–Trinajstić information content (AvgIpc) is 2.39. The first kappa shape index (κ1) is 8.96. The third kappa shape index (κ3) is 1.52. The van der Waals surface area contributed by atoms with Crippen molar-refractivity contribution in [2.75, 3.05) is 6.61 Å². The number of aromatic nitrogens is 4. The molecule has 3 rings (SSSR count). The van der Waals surface area contributed by atoms with E-state index in [9.17, 15) is 0 Å². The number of fused-ring (bicyclic) bond motifs is 1. The maximum Gasteiger partial charge on any atom is 0.180 e. The van der Waals surface area contributed by atoms with Gasteiger partial charge in [-0.15, -0.1) is 10.2 Å². The molecule has 0 spiro atoms. The summed E-state index contributed by atoms with van der Waals surface area (Å²) in [5, 5.41) is 8.11. The van der Waals surface area contributed by atoms with Crippen molar-refractivity contribution in [1.29, 1.82) is 0 Å². The topological polar surface area (TPSA) is 60.8 Å². The van der Waals surface area contributed by atoms with Crippen LogP contribution in [0.5, 0.6) is 5.75 Å². The van der Waals surface area contributed by atoms with Gasteiger partial charge in [-0.3, -0.25) is 0 Å². The van der Waals surface area contributed by atoms with Gasteiger partial charge < -0.3 is 4.74 Å². The van der Waals surface area contributed by atoms with Gasteiger partial charge in [0, 0.05) is 18.5 Å². The second-order valence-corrected chi connectivity index (χ2v) is 3.26.